The highest BCUT2D eigenvalue weighted by molar-refractivity contribution is 5.77. The van der Waals surface area contributed by atoms with Crippen LogP contribution in [-0.4, -0.2) is 56.3 Å². The van der Waals surface area contributed by atoms with Crippen LogP contribution in [0.15, 0.2) is 12.7 Å². The minimum Gasteiger partial charge on any atom is -0.355 e. The summed E-state index contributed by atoms with van der Waals surface area (Å²) in [5.74, 6) is -0.0400. The lowest BCUT2D eigenvalue weighted by molar-refractivity contribution is -0.143. The van der Waals surface area contributed by atoms with Crippen molar-refractivity contribution in [3.8, 4) is 0 Å². The number of rotatable bonds is 7. The Hall–Kier alpha value is -1.08. The first kappa shape index (κ1) is 16.0. The first-order chi connectivity index (χ1) is 8.90. The fraction of sp³-hybridized carbons (Fsp3) is 0.750. The predicted octanol–water partition coefficient (Wildman–Crippen LogP) is 0.762. The normalized spacial score (nSPS) is 20.5. The van der Waals surface area contributed by atoms with Gasteiger partial charge in [-0.15, -0.1) is 6.58 Å². The highest BCUT2D eigenvalue weighted by Crippen LogP contribution is 2.22. The zero-order valence-corrected chi connectivity index (χ0v) is 10.8. The molecule has 1 atom stereocenters. The Morgan fingerprint density at radius 2 is 2.21 bits per heavy atom. The Labute approximate surface area is 111 Å². The Morgan fingerprint density at radius 3 is 2.84 bits per heavy atom. The molecule has 0 aromatic carbocycles. The molecule has 1 fully saturated rings. The third-order valence-electron chi connectivity index (χ3n) is 2.94. The standard InChI is InChI=1S/C12H20F3N3O/c1-2-4-16-7-11(19)17-6-10-3-5-18(8-10)9-12(13,14)15/h2,10,16H,1,3-9H2,(H,17,19). The predicted molar refractivity (Wildman–Crippen MR) is 66.7 cm³/mol. The first-order valence-corrected chi connectivity index (χ1v) is 6.28. The van der Waals surface area contributed by atoms with Crippen molar-refractivity contribution in [2.24, 2.45) is 5.92 Å². The molecule has 0 saturated carbocycles. The van der Waals surface area contributed by atoms with E-state index >= 15 is 0 Å². The summed E-state index contributed by atoms with van der Waals surface area (Å²) in [6.45, 7) is 4.66. The molecule has 0 bridgehead atoms. The first-order valence-electron chi connectivity index (χ1n) is 6.28. The molecule has 1 aliphatic heterocycles. The van der Waals surface area contributed by atoms with E-state index in [0.717, 1.165) is 0 Å². The molecule has 1 rings (SSSR count). The van der Waals surface area contributed by atoms with Crippen molar-refractivity contribution in [2.75, 3.05) is 39.3 Å². The molecule has 1 saturated heterocycles. The largest absolute Gasteiger partial charge is 0.401 e. The summed E-state index contributed by atoms with van der Waals surface area (Å²) in [7, 11) is 0. The number of nitrogens with one attached hydrogen (secondary N) is 2. The molecule has 0 aromatic heterocycles. The van der Waals surface area contributed by atoms with Gasteiger partial charge in [-0.2, -0.15) is 13.2 Å². The van der Waals surface area contributed by atoms with Gasteiger partial charge in [0.25, 0.3) is 0 Å². The van der Waals surface area contributed by atoms with Crippen molar-refractivity contribution >= 4 is 5.91 Å². The van der Waals surface area contributed by atoms with Crippen LogP contribution >= 0.6 is 0 Å². The molecular formula is C12H20F3N3O. The molecule has 1 amide bonds. The van der Waals surface area contributed by atoms with E-state index < -0.39 is 12.7 Å². The van der Waals surface area contributed by atoms with Gasteiger partial charge in [-0.3, -0.25) is 9.69 Å². The summed E-state index contributed by atoms with van der Waals surface area (Å²) in [6.07, 6.45) is -1.80. The maximum absolute atomic E-state index is 12.2. The van der Waals surface area contributed by atoms with E-state index in [4.69, 9.17) is 0 Å². The monoisotopic (exact) mass is 279 g/mol. The van der Waals surface area contributed by atoms with Gasteiger partial charge >= 0.3 is 6.18 Å². The van der Waals surface area contributed by atoms with Gasteiger partial charge in [0.05, 0.1) is 13.1 Å². The smallest absolute Gasteiger partial charge is 0.355 e. The molecule has 1 aliphatic rings. The topological polar surface area (TPSA) is 44.4 Å². The van der Waals surface area contributed by atoms with Crippen molar-refractivity contribution in [3.05, 3.63) is 12.7 Å². The molecule has 19 heavy (non-hydrogen) atoms. The fourth-order valence-corrected chi connectivity index (χ4v) is 2.09. The molecule has 1 unspecified atom stereocenters. The summed E-state index contributed by atoms with van der Waals surface area (Å²) in [6, 6.07) is 0. The van der Waals surface area contributed by atoms with Crippen LogP contribution in [0.1, 0.15) is 6.42 Å². The van der Waals surface area contributed by atoms with E-state index in [9.17, 15) is 18.0 Å². The van der Waals surface area contributed by atoms with E-state index in [1.807, 2.05) is 0 Å². The molecular weight excluding hydrogens is 259 g/mol. The number of alkyl halides is 3. The van der Waals surface area contributed by atoms with Gasteiger partial charge in [0.1, 0.15) is 0 Å². The second kappa shape index (κ2) is 7.49. The second-order valence-corrected chi connectivity index (χ2v) is 4.73. The summed E-state index contributed by atoms with van der Waals surface area (Å²) < 4.78 is 36.6. The van der Waals surface area contributed by atoms with Crippen LogP contribution in [0.2, 0.25) is 0 Å². The van der Waals surface area contributed by atoms with Gasteiger partial charge in [-0.25, -0.2) is 0 Å². The van der Waals surface area contributed by atoms with Crippen LogP contribution in [0.4, 0.5) is 13.2 Å². The second-order valence-electron chi connectivity index (χ2n) is 4.73. The SMILES string of the molecule is C=CCNCC(=O)NCC1CCN(CC(F)(F)F)C1. The lowest BCUT2D eigenvalue weighted by Gasteiger charge is -2.18. The Morgan fingerprint density at radius 1 is 1.47 bits per heavy atom. The molecule has 4 nitrogen and oxygen atoms in total. The van der Waals surface area contributed by atoms with Crippen LogP contribution in [0.3, 0.4) is 0 Å². The van der Waals surface area contributed by atoms with Crippen LogP contribution in [0.5, 0.6) is 0 Å². The highest BCUT2D eigenvalue weighted by Gasteiger charge is 2.34. The van der Waals surface area contributed by atoms with E-state index in [2.05, 4.69) is 17.2 Å². The molecule has 110 valence electrons. The van der Waals surface area contributed by atoms with E-state index in [1.165, 1.54) is 4.90 Å². The van der Waals surface area contributed by atoms with Gasteiger partial charge < -0.3 is 10.6 Å². The van der Waals surface area contributed by atoms with Gasteiger partial charge in [-0.05, 0) is 18.9 Å². The third-order valence-corrected chi connectivity index (χ3v) is 2.94. The number of nitrogens with zero attached hydrogens (tertiary/aromatic N) is 1. The number of likely N-dealkylation sites (tertiary alicyclic amines) is 1. The molecule has 0 radical (unpaired) electrons. The molecule has 0 aliphatic carbocycles. The van der Waals surface area contributed by atoms with Crippen LogP contribution < -0.4 is 10.6 Å². The van der Waals surface area contributed by atoms with Gasteiger partial charge in [-0.1, -0.05) is 6.08 Å². The summed E-state index contributed by atoms with van der Waals surface area (Å²) in [4.78, 5) is 12.8. The maximum Gasteiger partial charge on any atom is 0.401 e. The average molecular weight is 279 g/mol. The van der Waals surface area contributed by atoms with E-state index in [1.54, 1.807) is 6.08 Å². The van der Waals surface area contributed by atoms with Crippen molar-refractivity contribution in [3.63, 3.8) is 0 Å². The number of halogens is 3. The summed E-state index contributed by atoms with van der Waals surface area (Å²) >= 11 is 0. The van der Waals surface area contributed by atoms with Crippen molar-refractivity contribution in [2.45, 2.75) is 12.6 Å². The number of carbonyl (C=O) groups excluding carboxylic acids is 1. The van der Waals surface area contributed by atoms with Crippen LogP contribution in [0.25, 0.3) is 0 Å². The zero-order chi connectivity index (χ0) is 14.3. The van der Waals surface area contributed by atoms with Crippen LogP contribution in [0, 0.1) is 5.92 Å². The van der Waals surface area contributed by atoms with Gasteiger partial charge in [0, 0.05) is 19.6 Å². The van der Waals surface area contributed by atoms with Gasteiger partial charge in [0.15, 0.2) is 0 Å². The number of carbonyl (C=O) groups is 1. The maximum atomic E-state index is 12.2. The third kappa shape index (κ3) is 7.17. The molecule has 1 heterocycles. The summed E-state index contributed by atoms with van der Waals surface area (Å²) in [5, 5.41) is 5.58. The minimum atomic E-state index is -4.15. The molecule has 2 N–H and O–H groups in total. The number of amides is 1. The Kier molecular flexibility index (Phi) is 6.30. The minimum absolute atomic E-state index is 0.103. The van der Waals surface area contributed by atoms with Crippen LogP contribution in [-0.2, 0) is 4.79 Å². The molecule has 0 spiro atoms. The van der Waals surface area contributed by atoms with Crippen molar-refractivity contribution in [1.82, 2.24) is 15.5 Å². The lowest BCUT2D eigenvalue weighted by Crippen LogP contribution is -2.38. The zero-order valence-electron chi connectivity index (χ0n) is 10.8. The van der Waals surface area contributed by atoms with Crippen molar-refractivity contribution in [1.29, 1.82) is 0 Å². The average Bonchev–Trinajstić information content (AvgIpc) is 2.72. The Bertz CT molecular complexity index is 307. The quantitative estimate of drug-likeness (QED) is 0.534. The highest BCUT2D eigenvalue weighted by atomic mass is 19.4. The van der Waals surface area contributed by atoms with Gasteiger partial charge in [0.2, 0.25) is 5.91 Å². The molecule has 7 heteroatoms. The number of hydrogen-bond donors (Lipinski definition) is 2. The van der Waals surface area contributed by atoms with Crippen molar-refractivity contribution < 1.29 is 18.0 Å². The summed E-state index contributed by atoms with van der Waals surface area (Å²) in [5.41, 5.74) is 0. The Balaban J connectivity index is 2.15. The van der Waals surface area contributed by atoms with E-state index in [0.29, 0.717) is 32.6 Å². The molecule has 0 aromatic rings. The fourth-order valence-electron chi connectivity index (χ4n) is 2.09. The lowest BCUT2D eigenvalue weighted by atomic mass is 10.1. The van der Waals surface area contributed by atoms with E-state index in [-0.39, 0.29) is 18.4 Å². The number of hydrogen-bond acceptors (Lipinski definition) is 3.